The lowest BCUT2D eigenvalue weighted by Gasteiger charge is -1.99. The summed E-state index contributed by atoms with van der Waals surface area (Å²) in [5.74, 6) is -0.00491. The molecule has 1 atom stereocenters. The van der Waals surface area contributed by atoms with Crippen LogP contribution < -0.4 is 0 Å². The quantitative estimate of drug-likeness (QED) is 0.697. The van der Waals surface area contributed by atoms with Crippen molar-refractivity contribution in [1.29, 1.82) is 0 Å². The van der Waals surface area contributed by atoms with Crippen LogP contribution in [0.4, 0.5) is 0 Å². The van der Waals surface area contributed by atoms with Crippen LogP contribution in [0.5, 0.6) is 0 Å². The van der Waals surface area contributed by atoms with Crippen LogP contribution in [0, 0.1) is 0 Å². The number of carbonyl (C=O) groups is 1. The second-order valence-electron chi connectivity index (χ2n) is 2.56. The topological polar surface area (TPSA) is 46.5 Å². The van der Waals surface area contributed by atoms with Crippen LogP contribution in [0.25, 0.3) is 0 Å². The molecule has 66 valence electrons. The van der Waals surface area contributed by atoms with Gasteiger partial charge in [-0.25, -0.2) is 4.79 Å². The van der Waals surface area contributed by atoms with E-state index in [4.69, 9.17) is 9.84 Å². The van der Waals surface area contributed by atoms with Crippen molar-refractivity contribution in [3.05, 3.63) is 21.9 Å². The van der Waals surface area contributed by atoms with Crippen LogP contribution in [-0.4, -0.2) is 17.2 Å². The highest BCUT2D eigenvalue weighted by molar-refractivity contribution is 9.11. The van der Waals surface area contributed by atoms with Crippen molar-refractivity contribution in [3.63, 3.8) is 0 Å². The third-order valence-electron chi connectivity index (χ3n) is 1.51. The number of cyclic esters (lactones) is 1. The first-order valence-corrected chi connectivity index (χ1v) is 4.30. The monoisotopic (exact) mass is 232 g/mol. The summed E-state index contributed by atoms with van der Waals surface area (Å²) in [6.07, 6.45) is 0.763. The van der Waals surface area contributed by atoms with Crippen LogP contribution in [0.15, 0.2) is 21.9 Å². The van der Waals surface area contributed by atoms with Gasteiger partial charge in [0.25, 0.3) is 0 Å². The van der Waals surface area contributed by atoms with Crippen molar-refractivity contribution < 1.29 is 14.6 Å². The van der Waals surface area contributed by atoms with Gasteiger partial charge in [-0.2, -0.15) is 0 Å². The molecule has 1 aliphatic heterocycles. The maximum absolute atomic E-state index is 11.0. The number of hydrogen-bond donors (Lipinski definition) is 1. The number of esters is 1. The minimum absolute atomic E-state index is 0.295. The number of ether oxygens (including phenoxy) is 1. The highest BCUT2D eigenvalue weighted by Gasteiger charge is 2.25. The third-order valence-corrected chi connectivity index (χ3v) is 1.91. The van der Waals surface area contributed by atoms with E-state index in [0.29, 0.717) is 11.3 Å². The Kier molecular flexibility index (Phi) is 2.69. The molecule has 0 spiro atoms. The van der Waals surface area contributed by atoms with E-state index in [9.17, 15) is 4.79 Å². The summed E-state index contributed by atoms with van der Waals surface area (Å²) >= 11 is 3.18. The molecular formula is C8H9BrO3. The molecule has 4 heteroatoms. The Balaban J connectivity index is 2.97. The van der Waals surface area contributed by atoms with Crippen LogP contribution >= 0.6 is 15.9 Å². The van der Waals surface area contributed by atoms with E-state index in [2.05, 4.69) is 15.9 Å². The molecular weight excluding hydrogens is 224 g/mol. The number of allylic oxidation sites excluding steroid dienone is 2. The van der Waals surface area contributed by atoms with E-state index in [0.717, 1.165) is 4.48 Å². The van der Waals surface area contributed by atoms with Crippen molar-refractivity contribution >= 4 is 21.9 Å². The molecule has 1 rings (SSSR count). The smallest absolute Gasteiger partial charge is 0.342 e. The average Bonchev–Trinajstić information content (AvgIpc) is 2.30. The first-order chi connectivity index (χ1) is 5.52. The fourth-order valence-electron chi connectivity index (χ4n) is 0.849. The number of hydrogen-bond acceptors (Lipinski definition) is 3. The molecule has 0 aliphatic carbocycles. The Labute approximate surface area is 78.8 Å². The molecule has 12 heavy (non-hydrogen) atoms. The van der Waals surface area contributed by atoms with Gasteiger partial charge in [0.15, 0.2) is 0 Å². The zero-order valence-electron chi connectivity index (χ0n) is 6.80. The molecule has 0 aromatic carbocycles. The van der Waals surface area contributed by atoms with Crippen LogP contribution in [0.2, 0.25) is 0 Å². The van der Waals surface area contributed by atoms with Gasteiger partial charge in [-0.3, -0.25) is 0 Å². The van der Waals surface area contributed by atoms with E-state index >= 15 is 0 Å². The molecule has 1 N–H and O–H groups in total. The number of carbonyl (C=O) groups excluding carboxylic acids is 1. The van der Waals surface area contributed by atoms with Gasteiger partial charge in [0.1, 0.15) is 5.76 Å². The number of aliphatic hydroxyl groups is 1. The molecule has 0 aromatic heterocycles. The summed E-state index contributed by atoms with van der Waals surface area (Å²) < 4.78 is 5.58. The Hall–Kier alpha value is -0.610. The van der Waals surface area contributed by atoms with Gasteiger partial charge in [0.05, 0.1) is 11.7 Å². The zero-order valence-corrected chi connectivity index (χ0v) is 8.38. The van der Waals surface area contributed by atoms with E-state index in [-0.39, 0.29) is 0 Å². The van der Waals surface area contributed by atoms with Crippen LogP contribution in [-0.2, 0) is 9.53 Å². The molecule has 1 unspecified atom stereocenters. The maximum atomic E-state index is 11.0. The van der Waals surface area contributed by atoms with Crippen molar-refractivity contribution in [3.8, 4) is 0 Å². The highest BCUT2D eigenvalue weighted by atomic mass is 79.9. The third kappa shape index (κ3) is 1.76. The summed E-state index contributed by atoms with van der Waals surface area (Å²) in [5.41, 5.74) is 0.295. The summed E-state index contributed by atoms with van der Waals surface area (Å²) in [6.45, 7) is 3.30. The number of rotatable bonds is 1. The van der Waals surface area contributed by atoms with Crippen LogP contribution in [0.3, 0.4) is 0 Å². The van der Waals surface area contributed by atoms with Crippen molar-refractivity contribution in [1.82, 2.24) is 0 Å². The second-order valence-corrected chi connectivity index (χ2v) is 3.75. The average molecular weight is 233 g/mol. The molecule has 1 aliphatic rings. The van der Waals surface area contributed by atoms with E-state index in [1.807, 2.05) is 0 Å². The molecule has 0 saturated heterocycles. The van der Waals surface area contributed by atoms with Crippen molar-refractivity contribution in [2.75, 3.05) is 0 Å². The molecule has 0 radical (unpaired) electrons. The van der Waals surface area contributed by atoms with E-state index < -0.39 is 12.1 Å². The fourth-order valence-corrected chi connectivity index (χ4v) is 1.04. The highest BCUT2D eigenvalue weighted by Crippen LogP contribution is 2.24. The van der Waals surface area contributed by atoms with Gasteiger partial charge in [0.2, 0.25) is 0 Å². The minimum Gasteiger partial charge on any atom is -0.422 e. The first kappa shape index (κ1) is 9.48. The SMILES string of the molecule is C/C(Br)=C1\C=C(C(C)O)C(=O)O1. The van der Waals surface area contributed by atoms with E-state index in [1.165, 1.54) is 13.0 Å². The van der Waals surface area contributed by atoms with Crippen LogP contribution in [0.1, 0.15) is 13.8 Å². The maximum Gasteiger partial charge on any atom is 0.342 e. The largest absolute Gasteiger partial charge is 0.422 e. The molecule has 3 nitrogen and oxygen atoms in total. The molecule has 0 bridgehead atoms. The number of halogens is 1. The van der Waals surface area contributed by atoms with Gasteiger partial charge in [0, 0.05) is 4.48 Å². The predicted octanol–water partition coefficient (Wildman–Crippen LogP) is 1.48. The predicted molar refractivity (Wildman–Crippen MR) is 47.5 cm³/mol. The first-order valence-electron chi connectivity index (χ1n) is 3.50. The van der Waals surface area contributed by atoms with Gasteiger partial charge >= 0.3 is 5.97 Å². The lowest BCUT2D eigenvalue weighted by atomic mass is 10.2. The van der Waals surface area contributed by atoms with Gasteiger partial charge in [-0.1, -0.05) is 15.9 Å². The van der Waals surface area contributed by atoms with Gasteiger partial charge in [-0.15, -0.1) is 0 Å². The Bertz CT molecular complexity index is 272. The number of aliphatic hydroxyl groups excluding tert-OH is 1. The molecule has 0 saturated carbocycles. The Morgan fingerprint density at radius 1 is 1.75 bits per heavy atom. The fraction of sp³-hybridized carbons (Fsp3) is 0.375. The summed E-state index contributed by atoms with van der Waals surface area (Å²) in [4.78, 5) is 11.0. The van der Waals surface area contributed by atoms with Crippen molar-refractivity contribution in [2.45, 2.75) is 20.0 Å². The molecule has 0 aromatic rings. The Morgan fingerprint density at radius 3 is 2.58 bits per heavy atom. The summed E-state index contributed by atoms with van der Waals surface area (Å²) in [7, 11) is 0. The van der Waals surface area contributed by atoms with Crippen molar-refractivity contribution in [2.24, 2.45) is 0 Å². The lowest BCUT2D eigenvalue weighted by Crippen LogP contribution is -2.11. The minimum atomic E-state index is -0.776. The normalized spacial score (nSPS) is 23.3. The summed E-state index contributed by atoms with van der Waals surface area (Å²) in [6, 6.07) is 0. The molecule has 0 fully saturated rings. The second kappa shape index (κ2) is 3.41. The molecule has 0 amide bonds. The van der Waals surface area contributed by atoms with Gasteiger partial charge in [-0.05, 0) is 19.9 Å². The van der Waals surface area contributed by atoms with E-state index in [1.54, 1.807) is 6.92 Å². The molecule has 1 heterocycles. The van der Waals surface area contributed by atoms with Gasteiger partial charge < -0.3 is 9.84 Å². The summed E-state index contributed by atoms with van der Waals surface area (Å²) in [5, 5.41) is 9.12. The lowest BCUT2D eigenvalue weighted by molar-refractivity contribution is -0.134. The Morgan fingerprint density at radius 2 is 2.33 bits per heavy atom. The zero-order chi connectivity index (χ0) is 9.30. The standard InChI is InChI=1S/C8H9BrO3/c1-4(9)7-3-6(5(2)10)8(11)12-7/h3,5,10H,1-2H3/b7-4-.